The second-order valence-corrected chi connectivity index (χ2v) is 6.68. The molecule has 3 heterocycles. The highest BCUT2D eigenvalue weighted by Crippen LogP contribution is 2.33. The zero-order valence-corrected chi connectivity index (χ0v) is 15.4. The lowest BCUT2D eigenvalue weighted by Gasteiger charge is -2.13. The van der Waals surface area contributed by atoms with Crippen LogP contribution in [0.1, 0.15) is 11.1 Å². The van der Waals surface area contributed by atoms with Gasteiger partial charge in [0.05, 0.1) is 40.4 Å². The Kier molecular flexibility index (Phi) is 3.71. The number of nitrogens with one attached hydrogen (secondary N) is 2. The van der Waals surface area contributed by atoms with Crippen LogP contribution in [0.4, 0.5) is 0 Å². The second kappa shape index (κ2) is 6.39. The maximum Gasteiger partial charge on any atom is 0.209 e. The molecule has 7 nitrogen and oxygen atoms in total. The molecule has 0 bridgehead atoms. The maximum atomic E-state index is 12.4. The average molecular weight is 378 g/mol. The Morgan fingerprint density at radius 3 is 2.79 bits per heavy atom. The molecule has 5 rings (SSSR count). The number of benzene rings is 2. The molecule has 0 aliphatic carbocycles. The highest BCUT2D eigenvalue weighted by Gasteiger charge is 2.18. The minimum absolute atomic E-state index is 0.204. The van der Waals surface area contributed by atoms with Crippen molar-refractivity contribution in [1.29, 1.82) is 5.26 Å². The van der Waals surface area contributed by atoms with Gasteiger partial charge in [-0.1, -0.05) is 18.2 Å². The Hall–Kier alpha value is -4.31. The SMILES string of the molecule is Cc1c(C#N)cccc1-c1nc2[nH]ccc(=O)c2nc1-c1ccc2nc[nH]c2c1. The number of fused-ring (bicyclic) bond motifs is 2. The minimum atomic E-state index is -0.204. The maximum absolute atomic E-state index is 12.4. The lowest BCUT2D eigenvalue weighted by Crippen LogP contribution is -2.07. The van der Waals surface area contributed by atoms with Crippen molar-refractivity contribution in [1.82, 2.24) is 24.9 Å². The lowest BCUT2D eigenvalue weighted by atomic mass is 9.97. The van der Waals surface area contributed by atoms with Gasteiger partial charge in [0, 0.05) is 23.4 Å². The number of nitriles is 1. The Balaban J connectivity index is 1.88. The molecule has 0 saturated carbocycles. The van der Waals surface area contributed by atoms with Gasteiger partial charge in [0.1, 0.15) is 0 Å². The summed E-state index contributed by atoms with van der Waals surface area (Å²) in [5.41, 5.74) is 6.32. The number of aromatic nitrogens is 5. The van der Waals surface area contributed by atoms with Crippen LogP contribution >= 0.6 is 0 Å². The van der Waals surface area contributed by atoms with Crippen LogP contribution in [0, 0.1) is 18.3 Å². The number of imidazole rings is 1. The first-order valence-corrected chi connectivity index (χ1v) is 8.99. The van der Waals surface area contributed by atoms with E-state index >= 15 is 0 Å². The molecular weight excluding hydrogens is 364 g/mol. The van der Waals surface area contributed by atoms with E-state index in [-0.39, 0.29) is 10.9 Å². The largest absolute Gasteiger partial charge is 0.345 e. The molecule has 5 aromatic rings. The van der Waals surface area contributed by atoms with Crippen molar-refractivity contribution in [3.8, 4) is 28.6 Å². The van der Waals surface area contributed by atoms with Crippen molar-refractivity contribution < 1.29 is 0 Å². The Bertz CT molecular complexity index is 1510. The molecule has 0 atom stereocenters. The summed E-state index contributed by atoms with van der Waals surface area (Å²) >= 11 is 0. The number of H-pyrrole nitrogens is 2. The third-order valence-corrected chi connectivity index (χ3v) is 4.99. The Morgan fingerprint density at radius 2 is 1.93 bits per heavy atom. The van der Waals surface area contributed by atoms with E-state index in [9.17, 15) is 10.1 Å². The second-order valence-electron chi connectivity index (χ2n) is 6.68. The Labute approximate surface area is 164 Å². The summed E-state index contributed by atoms with van der Waals surface area (Å²) in [7, 11) is 0. The molecule has 2 N–H and O–H groups in total. The summed E-state index contributed by atoms with van der Waals surface area (Å²) < 4.78 is 0. The predicted octanol–water partition coefficient (Wildman–Crippen LogP) is 3.71. The van der Waals surface area contributed by atoms with Crippen molar-refractivity contribution in [2.24, 2.45) is 0 Å². The van der Waals surface area contributed by atoms with E-state index in [0.717, 1.165) is 27.7 Å². The zero-order valence-electron chi connectivity index (χ0n) is 15.4. The fourth-order valence-electron chi connectivity index (χ4n) is 3.47. The molecule has 0 amide bonds. The van der Waals surface area contributed by atoms with E-state index < -0.39 is 0 Å². The van der Waals surface area contributed by atoms with Crippen molar-refractivity contribution in [2.45, 2.75) is 6.92 Å². The highest BCUT2D eigenvalue weighted by molar-refractivity contribution is 5.89. The Morgan fingerprint density at radius 1 is 1.03 bits per heavy atom. The number of hydrogen-bond acceptors (Lipinski definition) is 5. The standard InChI is InChI=1S/C22H14N6O/c1-12-14(10-23)3-2-4-15(12)20-19(13-5-6-16-17(9-13)26-11-25-16)27-21-18(29)7-8-24-22(21)28-20/h2-9,11H,1H3,(H,25,26)(H,24,28,29). The number of rotatable bonds is 2. The van der Waals surface area contributed by atoms with Gasteiger partial charge in [-0.05, 0) is 30.7 Å². The van der Waals surface area contributed by atoms with Gasteiger partial charge < -0.3 is 9.97 Å². The molecule has 2 aromatic carbocycles. The number of aromatic amines is 2. The van der Waals surface area contributed by atoms with Gasteiger partial charge in [0.2, 0.25) is 5.43 Å². The van der Waals surface area contributed by atoms with Crippen LogP contribution in [0.25, 0.3) is 44.7 Å². The molecule has 0 spiro atoms. The van der Waals surface area contributed by atoms with Crippen LogP contribution in [0.2, 0.25) is 0 Å². The molecule has 0 saturated heterocycles. The molecule has 0 aliphatic heterocycles. The van der Waals surface area contributed by atoms with Crippen LogP contribution in [-0.4, -0.2) is 24.9 Å². The van der Waals surface area contributed by atoms with Gasteiger partial charge in [-0.15, -0.1) is 0 Å². The molecule has 0 aliphatic rings. The van der Waals surface area contributed by atoms with Gasteiger partial charge in [-0.2, -0.15) is 5.26 Å². The highest BCUT2D eigenvalue weighted by atomic mass is 16.1. The summed E-state index contributed by atoms with van der Waals surface area (Å²) in [5.74, 6) is 0. The third-order valence-electron chi connectivity index (χ3n) is 4.99. The van der Waals surface area contributed by atoms with Crippen LogP contribution in [0.15, 0.2) is 59.8 Å². The molecule has 0 fully saturated rings. The summed E-state index contributed by atoms with van der Waals surface area (Å²) in [6.07, 6.45) is 3.19. The third kappa shape index (κ3) is 2.66. The first kappa shape index (κ1) is 16.8. The minimum Gasteiger partial charge on any atom is -0.345 e. The van der Waals surface area contributed by atoms with Crippen LogP contribution in [0.3, 0.4) is 0 Å². The van der Waals surface area contributed by atoms with Crippen LogP contribution in [0.5, 0.6) is 0 Å². The molecule has 3 aromatic heterocycles. The molecule has 138 valence electrons. The zero-order chi connectivity index (χ0) is 20.0. The summed E-state index contributed by atoms with van der Waals surface area (Å²) in [6.45, 7) is 1.88. The smallest absolute Gasteiger partial charge is 0.209 e. The van der Waals surface area contributed by atoms with Gasteiger partial charge in [0.25, 0.3) is 0 Å². The van der Waals surface area contributed by atoms with Gasteiger partial charge in [-0.3, -0.25) is 4.79 Å². The van der Waals surface area contributed by atoms with E-state index in [1.165, 1.54) is 6.07 Å². The normalized spacial score (nSPS) is 11.0. The van der Waals surface area contributed by atoms with Crippen molar-refractivity contribution in [3.63, 3.8) is 0 Å². The molecule has 0 unspecified atom stereocenters. The fraction of sp³-hybridized carbons (Fsp3) is 0.0455. The van der Waals surface area contributed by atoms with Crippen molar-refractivity contribution in [2.75, 3.05) is 0 Å². The average Bonchev–Trinajstić information content (AvgIpc) is 3.21. The summed E-state index contributed by atoms with van der Waals surface area (Å²) in [4.78, 5) is 32.1. The molecule has 7 heteroatoms. The molecule has 0 radical (unpaired) electrons. The topological polar surface area (TPSA) is 111 Å². The van der Waals surface area contributed by atoms with Gasteiger partial charge in [-0.25, -0.2) is 15.0 Å². The quantitative estimate of drug-likeness (QED) is 0.486. The van der Waals surface area contributed by atoms with Crippen molar-refractivity contribution in [3.05, 3.63) is 76.3 Å². The number of pyridine rings is 1. The first-order chi connectivity index (χ1) is 14.2. The lowest BCUT2D eigenvalue weighted by molar-refractivity contribution is 1.21. The van der Waals surface area contributed by atoms with E-state index in [2.05, 4.69) is 26.0 Å². The van der Waals surface area contributed by atoms with E-state index in [1.54, 1.807) is 18.6 Å². The van der Waals surface area contributed by atoms with Crippen LogP contribution in [-0.2, 0) is 0 Å². The molecule has 29 heavy (non-hydrogen) atoms. The predicted molar refractivity (Wildman–Crippen MR) is 110 cm³/mol. The van der Waals surface area contributed by atoms with Gasteiger partial charge in [0.15, 0.2) is 11.2 Å². The van der Waals surface area contributed by atoms with Crippen molar-refractivity contribution >= 4 is 22.2 Å². The summed E-state index contributed by atoms with van der Waals surface area (Å²) in [6, 6.07) is 14.9. The van der Waals surface area contributed by atoms with E-state index in [1.807, 2.05) is 37.3 Å². The first-order valence-electron chi connectivity index (χ1n) is 8.99. The summed E-state index contributed by atoms with van der Waals surface area (Å²) in [5, 5.41) is 9.43. The van der Waals surface area contributed by atoms with E-state index in [0.29, 0.717) is 22.6 Å². The van der Waals surface area contributed by atoms with Crippen LogP contribution < -0.4 is 5.43 Å². The monoisotopic (exact) mass is 378 g/mol. The molecular formula is C22H14N6O. The van der Waals surface area contributed by atoms with Gasteiger partial charge >= 0.3 is 0 Å². The fourth-order valence-corrected chi connectivity index (χ4v) is 3.47. The number of hydrogen-bond donors (Lipinski definition) is 2. The number of nitrogens with zero attached hydrogens (tertiary/aromatic N) is 4. The van der Waals surface area contributed by atoms with E-state index in [4.69, 9.17) is 4.98 Å².